The number of carboxylic acid groups (broad SMARTS) is 1. The second-order valence-corrected chi connectivity index (χ2v) is 9.56. The molecule has 36 heavy (non-hydrogen) atoms. The molecule has 2 aromatic rings. The number of benzene rings is 1. The summed E-state index contributed by atoms with van der Waals surface area (Å²) in [5, 5.41) is 23.9. The first kappa shape index (κ1) is 26.0. The first-order valence-corrected chi connectivity index (χ1v) is 12.7. The second kappa shape index (κ2) is 11.7. The summed E-state index contributed by atoms with van der Waals surface area (Å²) < 4.78 is 12.8. The van der Waals surface area contributed by atoms with Crippen LogP contribution in [-0.2, 0) is 16.1 Å². The summed E-state index contributed by atoms with van der Waals surface area (Å²) in [4.78, 5) is 29.9. The second-order valence-electron chi connectivity index (χ2n) is 9.56. The van der Waals surface area contributed by atoms with E-state index < -0.39 is 11.9 Å². The summed E-state index contributed by atoms with van der Waals surface area (Å²) in [7, 11) is 0. The van der Waals surface area contributed by atoms with E-state index in [-0.39, 0.29) is 43.9 Å². The van der Waals surface area contributed by atoms with Gasteiger partial charge in [-0.2, -0.15) is 5.10 Å². The average Bonchev–Trinajstić information content (AvgIpc) is 3.62. The van der Waals surface area contributed by atoms with Crippen LogP contribution in [0.4, 0.5) is 0 Å². The topological polar surface area (TPSA) is 117 Å². The number of carbonyl (C=O) groups is 2. The zero-order chi connectivity index (χ0) is 25.7. The van der Waals surface area contributed by atoms with Crippen molar-refractivity contribution >= 4 is 11.9 Å². The minimum absolute atomic E-state index is 0.0176. The van der Waals surface area contributed by atoms with E-state index in [1.54, 1.807) is 10.9 Å². The zero-order valence-corrected chi connectivity index (χ0v) is 21.0. The third-order valence-corrected chi connectivity index (χ3v) is 7.41. The maximum absolute atomic E-state index is 13.5. The Morgan fingerprint density at radius 1 is 1.28 bits per heavy atom. The molecule has 1 saturated heterocycles. The molecule has 10 nitrogen and oxygen atoms in total. The maximum atomic E-state index is 13.5. The van der Waals surface area contributed by atoms with E-state index >= 15 is 0 Å². The van der Waals surface area contributed by atoms with E-state index in [0.717, 1.165) is 12.0 Å². The molecule has 1 aromatic heterocycles. The molecule has 2 aliphatic heterocycles. The molecule has 0 radical (unpaired) electrons. The normalized spacial score (nSPS) is 22.0. The van der Waals surface area contributed by atoms with Crippen molar-refractivity contribution in [1.82, 2.24) is 19.6 Å². The fraction of sp³-hybridized carbons (Fsp3) is 0.577. The van der Waals surface area contributed by atoms with Crippen LogP contribution in [0.2, 0.25) is 0 Å². The summed E-state index contributed by atoms with van der Waals surface area (Å²) in [6, 6.07) is 7.12. The molecule has 2 aliphatic rings. The van der Waals surface area contributed by atoms with Gasteiger partial charge >= 0.3 is 5.97 Å². The summed E-state index contributed by atoms with van der Waals surface area (Å²) in [6.07, 6.45) is 5.42. The van der Waals surface area contributed by atoms with Gasteiger partial charge in [-0.05, 0) is 49.9 Å². The van der Waals surface area contributed by atoms with E-state index in [4.69, 9.17) is 9.47 Å². The number of ether oxygens (including phenoxy) is 2. The van der Waals surface area contributed by atoms with E-state index in [1.807, 2.05) is 54.1 Å². The van der Waals surface area contributed by atoms with E-state index in [0.29, 0.717) is 44.0 Å². The van der Waals surface area contributed by atoms with Gasteiger partial charge in [-0.1, -0.05) is 13.0 Å². The van der Waals surface area contributed by atoms with Crippen LogP contribution in [-0.4, -0.2) is 86.8 Å². The summed E-state index contributed by atoms with van der Waals surface area (Å²) in [6.45, 7) is 5.81. The van der Waals surface area contributed by atoms with E-state index in [2.05, 4.69) is 5.10 Å². The van der Waals surface area contributed by atoms with Crippen LogP contribution >= 0.6 is 0 Å². The van der Waals surface area contributed by atoms with Crippen molar-refractivity contribution in [3.8, 4) is 11.5 Å². The van der Waals surface area contributed by atoms with Crippen molar-refractivity contribution in [2.75, 3.05) is 33.0 Å². The molecule has 0 bridgehead atoms. The fourth-order valence-corrected chi connectivity index (χ4v) is 5.35. The maximum Gasteiger partial charge on any atom is 0.308 e. The van der Waals surface area contributed by atoms with Gasteiger partial charge in [0.05, 0.1) is 12.5 Å². The smallest absolute Gasteiger partial charge is 0.308 e. The number of hydrogen-bond acceptors (Lipinski definition) is 7. The Morgan fingerprint density at radius 2 is 2.08 bits per heavy atom. The third kappa shape index (κ3) is 5.65. The number of rotatable bonds is 12. The number of nitrogens with zero attached hydrogens (tertiary/aromatic N) is 4. The molecule has 10 heteroatoms. The lowest BCUT2D eigenvalue weighted by atomic mass is 9.84. The molecule has 2 unspecified atom stereocenters. The Labute approximate surface area is 211 Å². The predicted octanol–water partition coefficient (Wildman–Crippen LogP) is 2.18. The Morgan fingerprint density at radius 3 is 2.78 bits per heavy atom. The number of aryl methyl sites for hydroxylation is 1. The van der Waals surface area contributed by atoms with Gasteiger partial charge in [-0.15, -0.1) is 0 Å². The van der Waals surface area contributed by atoms with Crippen molar-refractivity contribution in [3.63, 3.8) is 0 Å². The zero-order valence-electron chi connectivity index (χ0n) is 21.0. The Balaban J connectivity index is 1.60. The number of aromatic nitrogens is 2. The van der Waals surface area contributed by atoms with Crippen LogP contribution in [0, 0.1) is 5.92 Å². The van der Waals surface area contributed by atoms with Gasteiger partial charge in [0.25, 0.3) is 0 Å². The molecule has 1 amide bonds. The summed E-state index contributed by atoms with van der Waals surface area (Å²) in [5.74, 6) is -0.648. The van der Waals surface area contributed by atoms with Crippen molar-refractivity contribution in [2.45, 2.75) is 57.7 Å². The van der Waals surface area contributed by atoms with Crippen LogP contribution in [0.5, 0.6) is 11.5 Å². The van der Waals surface area contributed by atoms with Crippen molar-refractivity contribution in [1.29, 1.82) is 0 Å². The molecule has 196 valence electrons. The van der Waals surface area contributed by atoms with E-state index in [1.165, 1.54) is 0 Å². The lowest BCUT2D eigenvalue weighted by Crippen LogP contribution is -2.47. The average molecular weight is 501 g/mol. The number of hydrogen-bond donors (Lipinski definition) is 2. The highest BCUT2D eigenvalue weighted by molar-refractivity contribution is 5.79. The lowest BCUT2D eigenvalue weighted by Gasteiger charge is -2.32. The van der Waals surface area contributed by atoms with Gasteiger partial charge in [-0.25, -0.2) is 0 Å². The number of carboxylic acids is 1. The summed E-state index contributed by atoms with van der Waals surface area (Å²) >= 11 is 0. The van der Waals surface area contributed by atoms with Crippen LogP contribution in [0.3, 0.4) is 0 Å². The number of carbonyl (C=O) groups excluding carboxylic acids is 1. The van der Waals surface area contributed by atoms with Gasteiger partial charge in [-0.3, -0.25) is 19.2 Å². The third-order valence-electron chi connectivity index (χ3n) is 7.41. The number of aliphatic carboxylic acids is 1. The standard InChI is InChI=1S/C26H36N4O6/c1-3-18(2)30(11-5-13-31)24(32)16-28-15-20(19-6-7-22-23(14-19)36-17-35-22)25(26(33)34)21(28)8-12-29-10-4-9-27-29/h4,6-7,9-10,14,18,20-21,25,31H,3,5,8,11-13,15-17H2,1-2H3,(H,33,34)/t18?,20?,21-,25+/m1/s1. The van der Waals surface area contributed by atoms with Gasteiger partial charge in [0.15, 0.2) is 11.5 Å². The number of likely N-dealkylation sites (tertiary alicyclic amines) is 1. The van der Waals surface area contributed by atoms with Crippen molar-refractivity contribution in [2.24, 2.45) is 5.92 Å². The summed E-state index contributed by atoms with van der Waals surface area (Å²) in [5.41, 5.74) is 0.866. The highest BCUT2D eigenvalue weighted by Crippen LogP contribution is 2.42. The van der Waals surface area contributed by atoms with Crippen LogP contribution in [0.1, 0.15) is 44.6 Å². The molecule has 4 rings (SSSR count). The molecular formula is C26H36N4O6. The Kier molecular flexibility index (Phi) is 8.48. The number of fused-ring (bicyclic) bond motifs is 1. The van der Waals surface area contributed by atoms with Gasteiger partial charge in [0.1, 0.15) is 0 Å². The van der Waals surface area contributed by atoms with Crippen molar-refractivity contribution < 1.29 is 29.3 Å². The lowest BCUT2D eigenvalue weighted by molar-refractivity contribution is -0.144. The minimum atomic E-state index is -0.878. The largest absolute Gasteiger partial charge is 0.481 e. The van der Waals surface area contributed by atoms with Gasteiger partial charge in [0, 0.05) is 56.6 Å². The van der Waals surface area contributed by atoms with Crippen molar-refractivity contribution in [3.05, 3.63) is 42.2 Å². The number of aliphatic hydroxyl groups excluding tert-OH is 1. The molecule has 0 aliphatic carbocycles. The molecule has 1 aromatic carbocycles. The molecule has 2 N–H and O–H groups in total. The number of aliphatic hydroxyl groups is 1. The highest BCUT2D eigenvalue weighted by atomic mass is 16.7. The SMILES string of the molecule is CCC(C)N(CCCO)C(=O)CN1CC(c2ccc3c(c2)OCO3)[C@H](C(=O)O)[C@H]1CCn1cccn1. The molecular weight excluding hydrogens is 464 g/mol. The van der Waals surface area contributed by atoms with Crippen LogP contribution in [0.25, 0.3) is 0 Å². The van der Waals surface area contributed by atoms with Gasteiger partial charge < -0.3 is 24.6 Å². The predicted molar refractivity (Wildman–Crippen MR) is 132 cm³/mol. The molecule has 0 spiro atoms. The Hall–Kier alpha value is -3.11. The van der Waals surface area contributed by atoms with Crippen LogP contribution < -0.4 is 9.47 Å². The van der Waals surface area contributed by atoms with Gasteiger partial charge in [0.2, 0.25) is 12.7 Å². The first-order chi connectivity index (χ1) is 17.4. The minimum Gasteiger partial charge on any atom is -0.481 e. The quantitative estimate of drug-likeness (QED) is 0.455. The highest BCUT2D eigenvalue weighted by Gasteiger charge is 2.47. The Bertz CT molecular complexity index is 1030. The first-order valence-electron chi connectivity index (χ1n) is 12.7. The fourth-order valence-electron chi connectivity index (χ4n) is 5.35. The molecule has 4 atom stereocenters. The number of amides is 1. The molecule has 0 saturated carbocycles. The molecule has 1 fully saturated rings. The monoisotopic (exact) mass is 500 g/mol. The van der Waals surface area contributed by atoms with E-state index in [9.17, 15) is 19.8 Å². The van der Waals surface area contributed by atoms with Crippen LogP contribution in [0.15, 0.2) is 36.7 Å². The molecule has 3 heterocycles.